The van der Waals surface area contributed by atoms with Gasteiger partial charge in [0.2, 0.25) is 11.5 Å². The number of ketones is 1. The maximum Gasteiger partial charge on any atom is 0.301 e. The Morgan fingerprint density at radius 3 is 2.65 bits per heavy atom. The van der Waals surface area contributed by atoms with Gasteiger partial charge in [-0.05, 0) is 11.5 Å². The van der Waals surface area contributed by atoms with E-state index >= 15 is 0 Å². The topological polar surface area (TPSA) is 68.4 Å². The van der Waals surface area contributed by atoms with E-state index in [0.29, 0.717) is 18.6 Å². The number of Topliss-reactive ketones (excluding diaryl/α,β-unsaturated/α-hetero) is 1. The second kappa shape index (κ2) is 6.28. The lowest BCUT2D eigenvalue weighted by Crippen LogP contribution is -2.30. The normalized spacial score (nSPS) is 15.9. The molecule has 0 aliphatic carbocycles. The molecule has 0 spiro atoms. The van der Waals surface area contributed by atoms with Gasteiger partial charge in [-0.25, -0.2) is 0 Å². The number of aromatic amines is 1. The van der Waals surface area contributed by atoms with Crippen LogP contribution in [0.3, 0.4) is 0 Å². The molecule has 1 atom stereocenters. The first kappa shape index (κ1) is 15.3. The van der Waals surface area contributed by atoms with Gasteiger partial charge in [-0.1, -0.05) is 44.2 Å². The van der Waals surface area contributed by atoms with Gasteiger partial charge in [0.1, 0.15) is 0 Å². The number of rotatable bonds is 5. The van der Waals surface area contributed by atoms with Gasteiger partial charge in [0.05, 0.1) is 0 Å². The number of hydrogen-bond donors (Lipinski definition) is 1. The Balaban J connectivity index is 1.80. The number of carbonyl (C=O) groups excluding carboxylic acids is 1. The number of hydrogen-bond acceptors (Lipinski definition) is 4. The molecule has 5 nitrogen and oxygen atoms in total. The van der Waals surface area contributed by atoms with E-state index in [4.69, 9.17) is 9.47 Å². The summed E-state index contributed by atoms with van der Waals surface area (Å²) in [5.41, 5.74) is 1.43. The SMILES string of the molecule is CC(C)CC(=O)[C@H]1Oc2cc(Cc3ccccc3)[nH]c(=O)c2O1. The maximum absolute atomic E-state index is 12.1. The summed E-state index contributed by atoms with van der Waals surface area (Å²) in [5.74, 6) is 0.483. The van der Waals surface area contributed by atoms with Crippen molar-refractivity contribution in [2.75, 3.05) is 0 Å². The Hall–Kier alpha value is -2.56. The molecule has 5 heteroatoms. The molecule has 0 bridgehead atoms. The van der Waals surface area contributed by atoms with Crippen LogP contribution in [0.5, 0.6) is 11.5 Å². The smallest absolute Gasteiger partial charge is 0.301 e. The third-order valence-electron chi connectivity index (χ3n) is 3.58. The zero-order chi connectivity index (χ0) is 16.4. The summed E-state index contributed by atoms with van der Waals surface area (Å²) >= 11 is 0. The van der Waals surface area contributed by atoms with E-state index in [0.717, 1.165) is 11.3 Å². The minimum atomic E-state index is -1.01. The van der Waals surface area contributed by atoms with Gasteiger partial charge in [-0.15, -0.1) is 0 Å². The second-order valence-electron chi connectivity index (χ2n) is 6.11. The number of H-pyrrole nitrogens is 1. The number of ether oxygens (including phenoxy) is 2. The highest BCUT2D eigenvalue weighted by molar-refractivity contribution is 5.83. The zero-order valence-electron chi connectivity index (χ0n) is 13.2. The number of benzene rings is 1. The lowest BCUT2D eigenvalue weighted by atomic mass is 10.1. The first-order valence-corrected chi connectivity index (χ1v) is 7.69. The Bertz CT molecular complexity index is 764. The Morgan fingerprint density at radius 1 is 1.22 bits per heavy atom. The molecule has 2 heterocycles. The first-order chi connectivity index (χ1) is 11.0. The standard InChI is InChI=1S/C18H19NO4/c1-11(2)8-14(20)18-22-15-10-13(19-17(21)16(15)23-18)9-12-6-4-3-5-7-12/h3-7,10-11,18H,8-9H2,1-2H3,(H,19,21)/t18-/m0/s1. The van der Waals surface area contributed by atoms with Crippen LogP contribution in [0, 0.1) is 5.92 Å². The molecule has 0 amide bonds. The van der Waals surface area contributed by atoms with Gasteiger partial charge in [-0.2, -0.15) is 0 Å². The van der Waals surface area contributed by atoms with Crippen molar-refractivity contribution in [1.82, 2.24) is 4.98 Å². The molecule has 1 aromatic carbocycles. The van der Waals surface area contributed by atoms with Crippen molar-refractivity contribution in [2.45, 2.75) is 33.0 Å². The largest absolute Gasteiger partial charge is 0.444 e. The molecule has 3 rings (SSSR count). The minimum absolute atomic E-state index is 0.0870. The maximum atomic E-state index is 12.1. The van der Waals surface area contributed by atoms with Crippen LogP contribution in [0.15, 0.2) is 41.2 Å². The molecule has 0 unspecified atom stereocenters. The fourth-order valence-electron chi connectivity index (χ4n) is 2.56. The zero-order valence-corrected chi connectivity index (χ0v) is 13.2. The van der Waals surface area contributed by atoms with Gasteiger partial charge in [0.15, 0.2) is 5.75 Å². The molecule has 1 aromatic heterocycles. The lowest BCUT2D eigenvalue weighted by Gasteiger charge is -2.09. The first-order valence-electron chi connectivity index (χ1n) is 7.69. The van der Waals surface area contributed by atoms with E-state index in [1.165, 1.54) is 0 Å². The Morgan fingerprint density at radius 2 is 1.96 bits per heavy atom. The fraction of sp³-hybridized carbons (Fsp3) is 0.333. The van der Waals surface area contributed by atoms with Gasteiger partial charge >= 0.3 is 6.29 Å². The van der Waals surface area contributed by atoms with Crippen LogP contribution in [0.2, 0.25) is 0 Å². The van der Waals surface area contributed by atoms with Crippen LogP contribution >= 0.6 is 0 Å². The molecule has 0 radical (unpaired) electrons. The highest BCUT2D eigenvalue weighted by Gasteiger charge is 2.33. The third kappa shape index (κ3) is 3.44. The Kier molecular flexibility index (Phi) is 4.19. The van der Waals surface area contributed by atoms with E-state index in [9.17, 15) is 9.59 Å². The highest BCUT2D eigenvalue weighted by atomic mass is 16.7. The fourth-order valence-corrected chi connectivity index (χ4v) is 2.56. The number of aromatic nitrogens is 1. The van der Waals surface area contributed by atoms with Crippen molar-refractivity contribution in [2.24, 2.45) is 5.92 Å². The molecule has 2 aromatic rings. The number of pyridine rings is 1. The molecule has 120 valence electrons. The highest BCUT2D eigenvalue weighted by Crippen LogP contribution is 2.32. The summed E-state index contributed by atoms with van der Waals surface area (Å²) in [6.07, 6.45) is -0.0782. The van der Waals surface area contributed by atoms with Gasteiger partial charge in [0, 0.05) is 24.6 Å². The van der Waals surface area contributed by atoms with E-state index < -0.39 is 6.29 Å². The molecule has 23 heavy (non-hydrogen) atoms. The number of nitrogens with one attached hydrogen (secondary N) is 1. The number of carbonyl (C=O) groups is 1. The van der Waals surface area contributed by atoms with Crippen molar-refractivity contribution in [3.8, 4) is 11.5 Å². The van der Waals surface area contributed by atoms with Gasteiger partial charge in [-0.3, -0.25) is 9.59 Å². The van der Waals surface area contributed by atoms with Crippen LogP contribution in [-0.4, -0.2) is 17.1 Å². The summed E-state index contributed by atoms with van der Waals surface area (Å²) in [6, 6.07) is 11.5. The number of fused-ring (bicyclic) bond motifs is 1. The van der Waals surface area contributed by atoms with Crippen LogP contribution in [-0.2, 0) is 11.2 Å². The van der Waals surface area contributed by atoms with Crippen molar-refractivity contribution < 1.29 is 14.3 Å². The summed E-state index contributed by atoms with van der Waals surface area (Å²) in [7, 11) is 0. The van der Waals surface area contributed by atoms with Crippen molar-refractivity contribution >= 4 is 5.78 Å². The van der Waals surface area contributed by atoms with Crippen LogP contribution in [0.25, 0.3) is 0 Å². The predicted octanol–water partition coefficient (Wildman–Crippen LogP) is 2.68. The molecule has 1 aliphatic heterocycles. The third-order valence-corrected chi connectivity index (χ3v) is 3.58. The summed E-state index contributed by atoms with van der Waals surface area (Å²) < 4.78 is 10.9. The second-order valence-corrected chi connectivity index (χ2v) is 6.11. The van der Waals surface area contributed by atoms with Crippen molar-refractivity contribution in [3.63, 3.8) is 0 Å². The molecule has 1 aliphatic rings. The van der Waals surface area contributed by atoms with Crippen molar-refractivity contribution in [3.05, 3.63) is 58.0 Å². The summed E-state index contributed by atoms with van der Waals surface area (Å²) in [5, 5.41) is 0. The van der Waals surface area contributed by atoms with Crippen molar-refractivity contribution in [1.29, 1.82) is 0 Å². The van der Waals surface area contributed by atoms with Crippen LogP contribution in [0.1, 0.15) is 31.5 Å². The molecular weight excluding hydrogens is 294 g/mol. The van der Waals surface area contributed by atoms with Gasteiger partial charge in [0.25, 0.3) is 5.56 Å². The van der Waals surface area contributed by atoms with E-state index in [1.807, 2.05) is 44.2 Å². The average molecular weight is 313 g/mol. The van der Waals surface area contributed by atoms with E-state index in [-0.39, 0.29) is 23.0 Å². The molecule has 0 fully saturated rings. The Labute approximate surface area is 134 Å². The molecular formula is C18H19NO4. The van der Waals surface area contributed by atoms with Crippen LogP contribution in [0.4, 0.5) is 0 Å². The predicted molar refractivity (Wildman–Crippen MR) is 85.8 cm³/mol. The van der Waals surface area contributed by atoms with E-state index in [2.05, 4.69) is 4.98 Å². The monoisotopic (exact) mass is 313 g/mol. The van der Waals surface area contributed by atoms with E-state index in [1.54, 1.807) is 6.07 Å². The summed E-state index contributed by atoms with van der Waals surface area (Å²) in [6.45, 7) is 3.90. The minimum Gasteiger partial charge on any atom is -0.444 e. The van der Waals surface area contributed by atoms with Crippen LogP contribution < -0.4 is 15.0 Å². The summed E-state index contributed by atoms with van der Waals surface area (Å²) in [4.78, 5) is 27.0. The molecule has 1 N–H and O–H groups in total. The van der Waals surface area contributed by atoms with Gasteiger partial charge < -0.3 is 14.5 Å². The lowest BCUT2D eigenvalue weighted by molar-refractivity contribution is -0.135. The molecule has 0 saturated heterocycles. The average Bonchev–Trinajstić information content (AvgIpc) is 2.92. The quantitative estimate of drug-likeness (QED) is 0.921. The molecule has 0 saturated carbocycles.